The summed E-state index contributed by atoms with van der Waals surface area (Å²) in [5.74, 6) is 0. The fourth-order valence-corrected chi connectivity index (χ4v) is 9.54. The lowest BCUT2D eigenvalue weighted by atomic mass is 9.94. The van der Waals surface area contributed by atoms with Crippen LogP contribution in [0.25, 0.3) is 93.2 Å². The van der Waals surface area contributed by atoms with Crippen molar-refractivity contribution >= 4 is 49.3 Å². The summed E-state index contributed by atoms with van der Waals surface area (Å²) in [6.07, 6.45) is -15.1. The van der Waals surface area contributed by atoms with Gasteiger partial charge in [-0.05, 0) is 113 Å². The van der Waals surface area contributed by atoms with E-state index in [1.807, 2.05) is 66.9 Å². The Hall–Kier alpha value is -8.29. The molecule has 0 N–H and O–H groups in total. The van der Waals surface area contributed by atoms with Gasteiger partial charge in [0.15, 0.2) is 5.69 Å². The Morgan fingerprint density at radius 1 is 0.485 bits per heavy atom. The summed E-state index contributed by atoms with van der Waals surface area (Å²) in [6.45, 7) is 12.0. The van der Waals surface area contributed by atoms with Gasteiger partial charge in [0.2, 0.25) is 0 Å². The molecule has 0 fully saturated rings. The predicted octanol–water partition coefficient (Wildman–Crippen LogP) is 17.0. The monoisotopic (exact) mass is 918 g/mol. The average molecular weight is 919 g/mol. The minimum absolute atomic E-state index is 0.0116. The van der Waals surface area contributed by atoms with E-state index in [4.69, 9.17) is 6.57 Å². The summed E-state index contributed by atoms with van der Waals surface area (Å²) < 4.78 is 133. The number of para-hydroxylation sites is 2. The second kappa shape index (κ2) is 15.7. The molecule has 10 aromatic rings. The third kappa shape index (κ3) is 7.10. The molecule has 8 aromatic carbocycles. The molecule has 0 radical (unpaired) electrons. The third-order valence-corrected chi connectivity index (χ3v) is 12.4. The van der Waals surface area contributed by atoms with E-state index in [-0.39, 0.29) is 39.8 Å². The van der Waals surface area contributed by atoms with Crippen LogP contribution in [0.1, 0.15) is 33.4 Å². The van der Waals surface area contributed by atoms with Crippen molar-refractivity contribution in [3.8, 4) is 50.8 Å². The van der Waals surface area contributed by atoms with Crippen LogP contribution in [0, 0.1) is 31.8 Å². The first-order valence-electron chi connectivity index (χ1n) is 21.0. The summed E-state index contributed by atoms with van der Waals surface area (Å²) >= 11 is 0. The number of aryl methyl sites for hydroxylation is 2. The van der Waals surface area contributed by atoms with Gasteiger partial charge in [-0.3, -0.25) is 0 Å². The van der Waals surface area contributed by atoms with Gasteiger partial charge in [0.05, 0.1) is 56.7 Å². The normalized spacial score (nSPS) is 12.3. The first-order valence-corrected chi connectivity index (χ1v) is 21.0. The van der Waals surface area contributed by atoms with Crippen molar-refractivity contribution in [2.75, 3.05) is 0 Å². The molecule has 0 bridgehead atoms. The maximum atomic E-state index is 15.1. The molecule has 334 valence electrons. The van der Waals surface area contributed by atoms with Gasteiger partial charge in [-0.2, -0.15) is 44.8 Å². The minimum atomic E-state index is -5.16. The Balaban J connectivity index is 1.31. The topological polar surface area (TPSA) is 38.0 Å². The van der Waals surface area contributed by atoms with Crippen LogP contribution in [0.3, 0.4) is 0 Å². The molecular formula is C55H31F9N4. The maximum absolute atomic E-state index is 15.1. The first kappa shape index (κ1) is 43.6. The maximum Gasteiger partial charge on any atom is 0.417 e. The Morgan fingerprint density at radius 2 is 1.01 bits per heavy atom. The summed E-state index contributed by atoms with van der Waals surface area (Å²) in [7, 11) is 0. The van der Waals surface area contributed by atoms with Crippen molar-refractivity contribution in [2.45, 2.75) is 32.4 Å². The Labute approximate surface area is 381 Å². The van der Waals surface area contributed by atoms with Crippen LogP contribution in [-0.2, 0) is 18.5 Å². The van der Waals surface area contributed by atoms with Crippen LogP contribution in [0.4, 0.5) is 45.2 Å². The van der Waals surface area contributed by atoms with Gasteiger partial charge in [0.25, 0.3) is 0 Å². The van der Waals surface area contributed by atoms with E-state index < -0.39 is 46.3 Å². The van der Waals surface area contributed by atoms with Crippen molar-refractivity contribution < 1.29 is 39.5 Å². The first-order chi connectivity index (χ1) is 32.4. The molecule has 0 saturated heterocycles. The number of nitrogens with zero attached hydrogens (tertiary/aromatic N) is 4. The highest BCUT2D eigenvalue weighted by atomic mass is 19.4. The van der Waals surface area contributed by atoms with Crippen LogP contribution in [-0.4, -0.2) is 9.13 Å². The number of halogens is 9. The zero-order valence-corrected chi connectivity index (χ0v) is 35.6. The molecule has 2 aromatic heterocycles. The molecule has 10 rings (SSSR count). The van der Waals surface area contributed by atoms with Crippen molar-refractivity contribution in [1.82, 2.24) is 9.13 Å². The van der Waals surface area contributed by atoms with Crippen LogP contribution < -0.4 is 0 Å². The fraction of sp³-hybridized carbons (Fsp3) is 0.0909. The van der Waals surface area contributed by atoms with Gasteiger partial charge in [0.1, 0.15) is 11.6 Å². The molecule has 0 aliphatic heterocycles. The van der Waals surface area contributed by atoms with Crippen molar-refractivity contribution in [2.24, 2.45) is 0 Å². The minimum Gasteiger partial charge on any atom is -0.308 e. The molecule has 2 heterocycles. The van der Waals surface area contributed by atoms with Gasteiger partial charge >= 0.3 is 18.5 Å². The van der Waals surface area contributed by atoms with Crippen LogP contribution in [0.15, 0.2) is 152 Å². The standard InChI is InChI=1S/C55H31F9N4/c1-30-15-19-36(31(2)23-30)32-16-21-48-40(24-32)38-9-4-6-13-46(38)67(48)50-26-34(52-43(54(59,60)61)11-8-12-45(52)66-3)27-51(42(50)29-65)68-47-14-7-5-10-39(47)41-25-33(17-22-49(41)68)37-20-18-35(53(56,57)58)28-44(37)55(62,63)64/h4-28H,1-2H3. The van der Waals surface area contributed by atoms with Crippen molar-refractivity contribution in [3.63, 3.8) is 0 Å². The second-order valence-corrected chi connectivity index (χ2v) is 16.6. The van der Waals surface area contributed by atoms with Gasteiger partial charge in [-0.25, -0.2) is 4.85 Å². The molecule has 0 saturated carbocycles. The molecule has 0 unspecified atom stereocenters. The Bertz CT molecular complexity index is 3820. The molecule has 0 atom stereocenters. The number of alkyl halides is 9. The molecule has 13 heteroatoms. The van der Waals surface area contributed by atoms with Gasteiger partial charge in [0, 0.05) is 21.5 Å². The molecular weight excluding hydrogens is 888 g/mol. The van der Waals surface area contributed by atoms with E-state index >= 15 is 13.2 Å². The van der Waals surface area contributed by atoms with Crippen LogP contribution >= 0.6 is 0 Å². The number of rotatable bonds is 5. The van der Waals surface area contributed by atoms with Gasteiger partial charge in [-0.15, -0.1) is 0 Å². The van der Waals surface area contributed by atoms with E-state index in [9.17, 15) is 31.6 Å². The summed E-state index contributed by atoms with van der Waals surface area (Å²) in [5.41, 5.74) is 0.940. The Morgan fingerprint density at radius 3 is 1.53 bits per heavy atom. The highest BCUT2D eigenvalue weighted by Crippen LogP contribution is 2.48. The van der Waals surface area contributed by atoms with E-state index in [0.717, 1.165) is 51.2 Å². The SMILES string of the molecule is [C-]#[N+]c1cccc(C(F)(F)F)c1-c1cc(-n2c3ccccc3c3cc(-c4ccc(C)cc4C)ccc32)c(C#N)c(-n2c3ccccc3c3cc(-c4ccc(C(F)(F)F)cc4C(F)(F)F)ccc32)c1. The molecule has 68 heavy (non-hydrogen) atoms. The molecule has 0 aliphatic carbocycles. The van der Waals surface area contributed by atoms with E-state index in [2.05, 4.69) is 17.0 Å². The predicted molar refractivity (Wildman–Crippen MR) is 247 cm³/mol. The molecule has 0 amide bonds. The number of nitriles is 1. The largest absolute Gasteiger partial charge is 0.417 e. The van der Waals surface area contributed by atoms with E-state index in [1.165, 1.54) is 36.4 Å². The number of aromatic nitrogens is 2. The summed E-state index contributed by atoms with van der Waals surface area (Å²) in [5, 5.41) is 13.7. The molecule has 0 spiro atoms. The quantitative estimate of drug-likeness (QED) is 0.125. The Kier molecular flexibility index (Phi) is 10.0. The number of hydrogen-bond donors (Lipinski definition) is 0. The zero-order chi connectivity index (χ0) is 48.0. The number of fused-ring (bicyclic) bond motifs is 6. The number of benzene rings is 8. The van der Waals surface area contributed by atoms with Crippen molar-refractivity contribution in [3.05, 3.63) is 196 Å². The van der Waals surface area contributed by atoms with Crippen LogP contribution in [0.5, 0.6) is 0 Å². The summed E-state index contributed by atoms with van der Waals surface area (Å²) in [6, 6.07) is 40.3. The lowest BCUT2D eigenvalue weighted by Gasteiger charge is -2.21. The lowest BCUT2D eigenvalue weighted by Crippen LogP contribution is -2.12. The highest BCUT2D eigenvalue weighted by molar-refractivity contribution is 6.13. The zero-order valence-electron chi connectivity index (χ0n) is 35.6. The van der Waals surface area contributed by atoms with Gasteiger partial charge < -0.3 is 9.13 Å². The van der Waals surface area contributed by atoms with E-state index in [1.54, 1.807) is 34.9 Å². The van der Waals surface area contributed by atoms with Crippen molar-refractivity contribution in [1.29, 1.82) is 5.26 Å². The van der Waals surface area contributed by atoms with Crippen LogP contribution in [0.2, 0.25) is 0 Å². The average Bonchev–Trinajstić information content (AvgIpc) is 3.81. The molecule has 4 nitrogen and oxygen atoms in total. The smallest absolute Gasteiger partial charge is 0.308 e. The lowest BCUT2D eigenvalue weighted by molar-refractivity contribution is -0.143. The van der Waals surface area contributed by atoms with E-state index in [0.29, 0.717) is 38.9 Å². The number of hydrogen-bond acceptors (Lipinski definition) is 1. The second-order valence-electron chi connectivity index (χ2n) is 16.6. The highest BCUT2D eigenvalue weighted by Gasteiger charge is 2.39. The molecule has 0 aliphatic rings. The fourth-order valence-electron chi connectivity index (χ4n) is 9.54. The third-order valence-electron chi connectivity index (χ3n) is 12.4. The van der Waals surface area contributed by atoms with Gasteiger partial charge in [-0.1, -0.05) is 96.6 Å². The summed E-state index contributed by atoms with van der Waals surface area (Å²) in [4.78, 5) is 3.51.